The van der Waals surface area contributed by atoms with E-state index in [1.807, 2.05) is 0 Å². The lowest BCUT2D eigenvalue weighted by atomic mass is 9.47. The van der Waals surface area contributed by atoms with Crippen molar-refractivity contribution >= 4 is 5.78 Å². The zero-order valence-electron chi connectivity index (χ0n) is 14.8. The van der Waals surface area contributed by atoms with Crippen LogP contribution in [0.15, 0.2) is 11.6 Å². The Balaban J connectivity index is 1.44. The van der Waals surface area contributed by atoms with Gasteiger partial charge >= 0.3 is 0 Å². The number of fused-ring (bicyclic) bond motifs is 10. The lowest BCUT2D eigenvalue weighted by Crippen LogP contribution is -2.51. The van der Waals surface area contributed by atoms with Gasteiger partial charge < -0.3 is 0 Å². The van der Waals surface area contributed by atoms with Crippen LogP contribution in [0.3, 0.4) is 0 Å². The van der Waals surface area contributed by atoms with E-state index in [2.05, 4.69) is 26.0 Å². The number of hydrogen-bond acceptors (Lipinski definition) is 2. The minimum atomic E-state index is -0.0870. The molecule has 5 saturated carbocycles. The third-order valence-corrected chi connectivity index (χ3v) is 9.84. The third kappa shape index (κ3) is 1.36. The van der Waals surface area contributed by atoms with E-state index in [4.69, 9.17) is 0 Å². The Kier molecular flexibility index (Phi) is 2.35. The molecule has 5 fully saturated rings. The standard InChI is InChI=1S/C22H27NO/c1-21-6-5-13-12-4-3-11(24)7-14(12)15-8-16(15)19(13)20(21)17-9-18(17)22(21,2)10-23/h7,12-13,15-20H,3-6,8-9H2,1-2H3/t12-,13-,15+,16+,17-,18+,19+,20+,21+,22+/m1/s1. The fraction of sp³-hybridized carbons (Fsp3) is 0.818. The highest BCUT2D eigenvalue weighted by Crippen LogP contribution is 2.81. The van der Waals surface area contributed by atoms with Crippen LogP contribution >= 0.6 is 0 Å². The molecule has 0 aliphatic heterocycles. The Morgan fingerprint density at radius 3 is 2.75 bits per heavy atom. The summed E-state index contributed by atoms with van der Waals surface area (Å²) in [5.41, 5.74) is 1.71. The molecule has 126 valence electrons. The minimum Gasteiger partial charge on any atom is -0.295 e. The number of hydrogen-bond donors (Lipinski definition) is 0. The van der Waals surface area contributed by atoms with Gasteiger partial charge in [-0.2, -0.15) is 5.26 Å². The summed E-state index contributed by atoms with van der Waals surface area (Å²) in [5, 5.41) is 10.0. The van der Waals surface area contributed by atoms with E-state index in [1.54, 1.807) is 5.57 Å². The Morgan fingerprint density at radius 1 is 1.12 bits per heavy atom. The predicted octanol–water partition coefficient (Wildman–Crippen LogP) is 4.37. The molecule has 0 N–H and O–H groups in total. The molecular formula is C22H27NO. The van der Waals surface area contributed by atoms with Crippen molar-refractivity contribution in [2.45, 2.75) is 52.4 Å². The van der Waals surface area contributed by atoms with E-state index in [1.165, 1.54) is 25.7 Å². The van der Waals surface area contributed by atoms with Gasteiger partial charge in [-0.1, -0.05) is 12.5 Å². The lowest BCUT2D eigenvalue weighted by Gasteiger charge is -2.56. The molecule has 0 bridgehead atoms. The summed E-state index contributed by atoms with van der Waals surface area (Å²) < 4.78 is 0. The van der Waals surface area contributed by atoms with Gasteiger partial charge in [-0.25, -0.2) is 0 Å². The van der Waals surface area contributed by atoms with Crippen molar-refractivity contribution in [2.75, 3.05) is 0 Å². The quantitative estimate of drug-likeness (QED) is 0.665. The Bertz CT molecular complexity index is 731. The van der Waals surface area contributed by atoms with E-state index in [0.717, 1.165) is 48.3 Å². The molecule has 0 amide bonds. The number of carbonyl (C=O) groups excluding carboxylic acids is 1. The van der Waals surface area contributed by atoms with Crippen LogP contribution in [0.4, 0.5) is 0 Å². The lowest BCUT2D eigenvalue weighted by molar-refractivity contribution is -0.116. The largest absolute Gasteiger partial charge is 0.295 e. The summed E-state index contributed by atoms with van der Waals surface area (Å²) in [6.45, 7) is 4.76. The van der Waals surface area contributed by atoms with Gasteiger partial charge in [-0.15, -0.1) is 0 Å². The summed E-state index contributed by atoms with van der Waals surface area (Å²) >= 11 is 0. The summed E-state index contributed by atoms with van der Waals surface area (Å²) in [4.78, 5) is 11.9. The van der Waals surface area contributed by atoms with Crippen LogP contribution in [0.5, 0.6) is 0 Å². The molecule has 6 aliphatic carbocycles. The van der Waals surface area contributed by atoms with Crippen LogP contribution in [0.2, 0.25) is 0 Å². The summed E-state index contributed by atoms with van der Waals surface area (Å²) in [6, 6.07) is 2.80. The monoisotopic (exact) mass is 321 g/mol. The van der Waals surface area contributed by atoms with Gasteiger partial charge in [0.1, 0.15) is 0 Å². The van der Waals surface area contributed by atoms with Gasteiger partial charge in [0.05, 0.1) is 11.5 Å². The second kappa shape index (κ2) is 4.00. The minimum absolute atomic E-state index is 0.0870. The molecule has 0 spiro atoms. The van der Waals surface area contributed by atoms with Gasteiger partial charge in [0.25, 0.3) is 0 Å². The van der Waals surface area contributed by atoms with Crippen LogP contribution in [-0.2, 0) is 4.79 Å². The molecule has 0 radical (unpaired) electrons. The first-order valence-electron chi connectivity index (χ1n) is 10.1. The smallest absolute Gasteiger partial charge is 0.155 e. The first kappa shape index (κ1) is 14.1. The highest BCUT2D eigenvalue weighted by Gasteiger charge is 2.76. The van der Waals surface area contributed by atoms with Crippen molar-refractivity contribution in [3.63, 3.8) is 0 Å². The maximum atomic E-state index is 11.9. The SMILES string of the molecule is C[C@]1(C#N)[C@H]2C[C@H]2[C@H]2[C@@H]3[C@H]4C[C@H]4C4=CC(=O)CC[C@@H]4[C@H]3CC[C@@]21C. The normalized spacial score (nSPS) is 62.2. The molecule has 0 aromatic heterocycles. The Hall–Kier alpha value is -1.10. The van der Waals surface area contributed by atoms with Crippen LogP contribution in [-0.4, -0.2) is 5.78 Å². The molecule has 24 heavy (non-hydrogen) atoms. The number of nitriles is 1. The molecule has 2 nitrogen and oxygen atoms in total. The Labute approximate surface area is 144 Å². The predicted molar refractivity (Wildman–Crippen MR) is 90.5 cm³/mol. The topological polar surface area (TPSA) is 40.9 Å². The van der Waals surface area contributed by atoms with Gasteiger partial charge in [-0.05, 0) is 97.9 Å². The van der Waals surface area contributed by atoms with Crippen molar-refractivity contribution < 1.29 is 4.79 Å². The maximum Gasteiger partial charge on any atom is 0.155 e. The molecule has 2 heteroatoms. The molecule has 0 saturated heterocycles. The third-order valence-electron chi connectivity index (χ3n) is 9.84. The molecule has 6 aliphatic rings. The summed E-state index contributed by atoms with van der Waals surface area (Å²) in [5.74, 6) is 6.63. The molecular weight excluding hydrogens is 294 g/mol. The summed E-state index contributed by atoms with van der Waals surface area (Å²) in [6.07, 6.45) is 9.14. The van der Waals surface area contributed by atoms with Crippen LogP contribution in [0.1, 0.15) is 52.4 Å². The average Bonchev–Trinajstić information content (AvgIpc) is 3.46. The van der Waals surface area contributed by atoms with Gasteiger partial charge in [0.2, 0.25) is 0 Å². The van der Waals surface area contributed by atoms with Crippen LogP contribution < -0.4 is 0 Å². The fourth-order valence-electron chi connectivity index (χ4n) is 8.54. The number of allylic oxidation sites excluding steroid dienone is 1. The van der Waals surface area contributed by atoms with Crippen molar-refractivity contribution in [3.05, 3.63) is 11.6 Å². The molecule has 0 aromatic rings. The van der Waals surface area contributed by atoms with E-state index < -0.39 is 0 Å². The molecule has 6 rings (SSSR count). The highest BCUT2D eigenvalue weighted by atomic mass is 16.1. The van der Waals surface area contributed by atoms with Crippen molar-refractivity contribution in [1.82, 2.24) is 0 Å². The van der Waals surface area contributed by atoms with Crippen molar-refractivity contribution in [1.29, 1.82) is 5.26 Å². The second-order valence-corrected chi connectivity index (χ2v) is 10.3. The number of nitrogens with zero attached hydrogens (tertiary/aromatic N) is 1. The Morgan fingerprint density at radius 2 is 1.96 bits per heavy atom. The molecule has 0 unspecified atom stereocenters. The number of ketones is 1. The molecule has 0 heterocycles. The van der Waals surface area contributed by atoms with Gasteiger partial charge in [-0.3, -0.25) is 4.79 Å². The van der Waals surface area contributed by atoms with Crippen molar-refractivity contribution in [2.24, 2.45) is 58.2 Å². The molecule has 10 atom stereocenters. The van der Waals surface area contributed by atoms with E-state index in [0.29, 0.717) is 17.6 Å². The van der Waals surface area contributed by atoms with Gasteiger partial charge in [0, 0.05) is 6.42 Å². The number of rotatable bonds is 0. The van der Waals surface area contributed by atoms with E-state index in [9.17, 15) is 10.1 Å². The van der Waals surface area contributed by atoms with Gasteiger partial charge in [0.15, 0.2) is 5.78 Å². The summed E-state index contributed by atoms with van der Waals surface area (Å²) in [7, 11) is 0. The zero-order chi connectivity index (χ0) is 16.4. The van der Waals surface area contributed by atoms with Crippen LogP contribution in [0, 0.1) is 69.5 Å². The van der Waals surface area contributed by atoms with Crippen molar-refractivity contribution in [3.8, 4) is 6.07 Å². The fourth-order valence-corrected chi connectivity index (χ4v) is 8.54. The first-order chi connectivity index (χ1) is 11.5. The maximum absolute atomic E-state index is 11.9. The average molecular weight is 321 g/mol. The van der Waals surface area contributed by atoms with E-state index >= 15 is 0 Å². The zero-order valence-corrected chi connectivity index (χ0v) is 14.8. The van der Waals surface area contributed by atoms with E-state index in [-0.39, 0.29) is 10.8 Å². The first-order valence-corrected chi connectivity index (χ1v) is 10.1. The highest BCUT2D eigenvalue weighted by molar-refractivity contribution is 5.91. The second-order valence-electron chi connectivity index (χ2n) is 10.3. The number of carbonyl (C=O) groups is 1. The molecule has 0 aromatic carbocycles. The van der Waals surface area contributed by atoms with Crippen LogP contribution in [0.25, 0.3) is 0 Å².